The van der Waals surface area contributed by atoms with Crippen molar-refractivity contribution in [1.82, 2.24) is 0 Å². The maximum absolute atomic E-state index is 12.9. The zero-order valence-corrected chi connectivity index (χ0v) is 12.9. The van der Waals surface area contributed by atoms with Crippen LogP contribution in [0.4, 0.5) is 0 Å². The van der Waals surface area contributed by atoms with Crippen LogP contribution >= 0.6 is 0 Å². The zero-order valence-electron chi connectivity index (χ0n) is 12.9. The molecule has 0 bridgehead atoms. The maximum atomic E-state index is 12.9. The average Bonchev–Trinajstić information content (AvgIpc) is 2.40. The molecule has 1 nitrogen and oxygen atoms in total. The van der Waals surface area contributed by atoms with Crippen LogP contribution in [0.1, 0.15) is 53.4 Å². The molecule has 0 saturated carbocycles. The van der Waals surface area contributed by atoms with E-state index < -0.39 is 0 Å². The molecule has 0 aliphatic rings. The van der Waals surface area contributed by atoms with Crippen molar-refractivity contribution in [1.29, 1.82) is 0 Å². The van der Waals surface area contributed by atoms with Gasteiger partial charge in [0.05, 0.1) is 0 Å². The third kappa shape index (κ3) is 2.67. The molecule has 2 aromatic rings. The molecule has 0 N–H and O–H groups in total. The number of carbonyl (C=O) groups excluding carboxylic acids is 1. The summed E-state index contributed by atoms with van der Waals surface area (Å²) in [4.78, 5) is 12.9. The quantitative estimate of drug-likeness (QED) is 0.711. The minimum atomic E-state index is -0.0377. The van der Waals surface area contributed by atoms with Gasteiger partial charge in [-0.25, -0.2) is 0 Å². The normalized spacial score (nSPS) is 11.4. The highest BCUT2D eigenvalue weighted by atomic mass is 16.1. The highest BCUT2D eigenvalue weighted by Crippen LogP contribution is 2.28. The highest BCUT2D eigenvalue weighted by molar-refractivity contribution is 6.11. The van der Waals surface area contributed by atoms with Gasteiger partial charge in [0, 0.05) is 11.1 Å². The molecule has 2 aromatic carbocycles. The fraction of sp³-hybridized carbons (Fsp3) is 0.316. The van der Waals surface area contributed by atoms with Gasteiger partial charge in [0.25, 0.3) is 0 Å². The van der Waals surface area contributed by atoms with Crippen LogP contribution in [0.25, 0.3) is 0 Å². The second-order valence-corrected chi connectivity index (χ2v) is 6.37. The van der Waals surface area contributed by atoms with E-state index in [9.17, 15) is 4.79 Å². The van der Waals surface area contributed by atoms with Gasteiger partial charge in [-0.15, -0.1) is 0 Å². The summed E-state index contributed by atoms with van der Waals surface area (Å²) in [5.74, 6) is 0.122. The van der Waals surface area contributed by atoms with E-state index in [1.165, 1.54) is 0 Å². The monoisotopic (exact) mass is 266 g/mol. The minimum absolute atomic E-state index is 0.0377. The minimum Gasteiger partial charge on any atom is -0.289 e. The third-order valence-corrected chi connectivity index (χ3v) is 3.83. The van der Waals surface area contributed by atoms with Crippen molar-refractivity contribution in [3.63, 3.8) is 0 Å². The highest BCUT2D eigenvalue weighted by Gasteiger charge is 2.22. The Bertz CT molecular complexity index is 645. The van der Waals surface area contributed by atoms with Crippen molar-refractivity contribution in [2.45, 2.75) is 40.0 Å². The van der Waals surface area contributed by atoms with Gasteiger partial charge < -0.3 is 0 Å². The van der Waals surface area contributed by atoms with Crippen LogP contribution in [0.3, 0.4) is 0 Å². The molecule has 0 aliphatic carbocycles. The van der Waals surface area contributed by atoms with Crippen molar-refractivity contribution in [3.05, 3.63) is 70.3 Å². The lowest BCUT2D eigenvalue weighted by Crippen LogP contribution is -2.17. The summed E-state index contributed by atoms with van der Waals surface area (Å²) >= 11 is 0. The maximum Gasteiger partial charge on any atom is 0.193 e. The largest absolute Gasteiger partial charge is 0.289 e. The molecule has 0 aliphatic heterocycles. The van der Waals surface area contributed by atoms with Crippen LogP contribution in [0.2, 0.25) is 0 Å². The number of carbonyl (C=O) groups is 1. The van der Waals surface area contributed by atoms with E-state index >= 15 is 0 Å². The number of ketones is 1. The van der Waals surface area contributed by atoms with Gasteiger partial charge in [0.1, 0.15) is 0 Å². The molecule has 0 radical (unpaired) electrons. The van der Waals surface area contributed by atoms with Gasteiger partial charge in [0.15, 0.2) is 5.78 Å². The Hall–Kier alpha value is -1.89. The summed E-state index contributed by atoms with van der Waals surface area (Å²) in [6, 6.07) is 13.8. The van der Waals surface area contributed by atoms with E-state index in [1.54, 1.807) is 0 Å². The predicted molar refractivity (Wildman–Crippen MR) is 84.5 cm³/mol. The standard InChI is InChI=1S/C19H22O/c1-13-9-8-11-15(14(13)2)18(20)16-10-6-7-12-17(16)19(3,4)5/h6-12H,1-5H3. The van der Waals surface area contributed by atoms with E-state index in [4.69, 9.17) is 0 Å². The Morgan fingerprint density at radius 1 is 0.850 bits per heavy atom. The molecular formula is C19H22O. The third-order valence-electron chi connectivity index (χ3n) is 3.83. The van der Waals surface area contributed by atoms with Gasteiger partial charge in [-0.2, -0.15) is 0 Å². The Balaban J connectivity index is 2.58. The Labute approximate surface area is 121 Å². The van der Waals surface area contributed by atoms with E-state index in [1.807, 2.05) is 50.2 Å². The molecule has 0 saturated heterocycles. The van der Waals surface area contributed by atoms with E-state index in [0.717, 1.165) is 27.8 Å². The summed E-state index contributed by atoms with van der Waals surface area (Å²) in [5, 5.41) is 0. The average molecular weight is 266 g/mol. The van der Waals surface area contributed by atoms with Crippen LogP contribution < -0.4 is 0 Å². The van der Waals surface area contributed by atoms with E-state index in [-0.39, 0.29) is 11.2 Å². The van der Waals surface area contributed by atoms with Crippen LogP contribution in [0.15, 0.2) is 42.5 Å². The van der Waals surface area contributed by atoms with Gasteiger partial charge >= 0.3 is 0 Å². The lowest BCUT2D eigenvalue weighted by molar-refractivity contribution is 0.103. The van der Waals surface area contributed by atoms with Crippen molar-refractivity contribution in [3.8, 4) is 0 Å². The summed E-state index contributed by atoms with van der Waals surface area (Å²) in [6.07, 6.45) is 0. The molecule has 0 heterocycles. The fourth-order valence-electron chi connectivity index (χ4n) is 2.48. The second-order valence-electron chi connectivity index (χ2n) is 6.37. The zero-order chi connectivity index (χ0) is 14.9. The van der Waals surface area contributed by atoms with Crippen LogP contribution in [0.5, 0.6) is 0 Å². The molecule has 0 spiro atoms. The van der Waals surface area contributed by atoms with Gasteiger partial charge in [-0.3, -0.25) is 4.79 Å². The number of aryl methyl sites for hydroxylation is 1. The summed E-state index contributed by atoms with van der Waals surface area (Å²) < 4.78 is 0. The molecule has 0 atom stereocenters. The van der Waals surface area contributed by atoms with E-state index in [0.29, 0.717) is 0 Å². The molecule has 0 fully saturated rings. The smallest absolute Gasteiger partial charge is 0.193 e. The lowest BCUT2D eigenvalue weighted by Gasteiger charge is -2.22. The molecule has 1 heteroatoms. The van der Waals surface area contributed by atoms with Crippen molar-refractivity contribution >= 4 is 5.78 Å². The van der Waals surface area contributed by atoms with E-state index in [2.05, 4.69) is 26.8 Å². The lowest BCUT2D eigenvalue weighted by atomic mass is 9.81. The van der Waals surface area contributed by atoms with Gasteiger partial charge in [-0.05, 0) is 36.0 Å². The Kier molecular flexibility index (Phi) is 3.80. The van der Waals surface area contributed by atoms with Gasteiger partial charge in [-0.1, -0.05) is 63.2 Å². The SMILES string of the molecule is Cc1cccc(C(=O)c2ccccc2C(C)(C)C)c1C. The van der Waals surface area contributed by atoms with Crippen molar-refractivity contribution in [2.75, 3.05) is 0 Å². The first-order chi connectivity index (χ1) is 9.32. The first kappa shape index (κ1) is 14.5. The van der Waals surface area contributed by atoms with Crippen LogP contribution in [-0.4, -0.2) is 5.78 Å². The second kappa shape index (κ2) is 5.24. The van der Waals surface area contributed by atoms with Crippen LogP contribution in [0, 0.1) is 13.8 Å². The van der Waals surface area contributed by atoms with Crippen LogP contribution in [-0.2, 0) is 5.41 Å². The summed E-state index contributed by atoms with van der Waals surface area (Å²) in [6.45, 7) is 10.5. The fourth-order valence-corrected chi connectivity index (χ4v) is 2.48. The van der Waals surface area contributed by atoms with Crippen molar-refractivity contribution < 1.29 is 4.79 Å². The molecule has 104 valence electrons. The first-order valence-electron chi connectivity index (χ1n) is 7.03. The molecule has 2 rings (SSSR count). The number of benzene rings is 2. The number of hydrogen-bond donors (Lipinski definition) is 0. The number of rotatable bonds is 2. The topological polar surface area (TPSA) is 17.1 Å². The molecule has 20 heavy (non-hydrogen) atoms. The Morgan fingerprint density at radius 2 is 1.45 bits per heavy atom. The molecule has 0 unspecified atom stereocenters. The molecule has 0 amide bonds. The predicted octanol–water partition coefficient (Wildman–Crippen LogP) is 4.83. The number of hydrogen-bond acceptors (Lipinski definition) is 1. The van der Waals surface area contributed by atoms with Crippen molar-refractivity contribution in [2.24, 2.45) is 0 Å². The molecule has 0 aromatic heterocycles. The first-order valence-corrected chi connectivity index (χ1v) is 7.03. The van der Waals surface area contributed by atoms with Gasteiger partial charge in [0.2, 0.25) is 0 Å². The summed E-state index contributed by atoms with van der Waals surface area (Å²) in [7, 11) is 0. The molecular weight excluding hydrogens is 244 g/mol. The Morgan fingerprint density at radius 3 is 2.10 bits per heavy atom. The summed E-state index contributed by atoms with van der Waals surface area (Å²) in [5.41, 5.74) is 4.91.